The molecule has 0 aliphatic carbocycles. The minimum atomic E-state index is -0.132. The van der Waals surface area contributed by atoms with Crippen LogP contribution in [0.5, 0.6) is 0 Å². The molecule has 0 saturated carbocycles. The molecule has 2 N–H and O–H groups in total. The van der Waals surface area contributed by atoms with Crippen LogP contribution in [0.25, 0.3) is 5.65 Å². The summed E-state index contributed by atoms with van der Waals surface area (Å²) >= 11 is 0. The van der Waals surface area contributed by atoms with Gasteiger partial charge in [-0.25, -0.2) is 9.78 Å². The van der Waals surface area contributed by atoms with Crippen molar-refractivity contribution in [1.82, 2.24) is 20.0 Å². The Hall–Kier alpha value is -2.30. The minimum Gasteiger partial charge on any atom is -0.338 e. The summed E-state index contributed by atoms with van der Waals surface area (Å²) < 4.78 is 1.98. The van der Waals surface area contributed by atoms with Gasteiger partial charge in [0, 0.05) is 31.4 Å². The molecular weight excluding hydrogens is 264 g/mol. The summed E-state index contributed by atoms with van der Waals surface area (Å²) in [5, 5.41) is 5.80. The normalized spacial score (nSPS) is 12.0. The number of imidazole rings is 1. The van der Waals surface area contributed by atoms with E-state index in [1.54, 1.807) is 0 Å². The van der Waals surface area contributed by atoms with Crippen LogP contribution >= 0.6 is 0 Å². The van der Waals surface area contributed by atoms with E-state index in [0.717, 1.165) is 24.2 Å². The van der Waals surface area contributed by atoms with Crippen molar-refractivity contribution in [3.63, 3.8) is 0 Å². The molecule has 0 saturated heterocycles. The van der Waals surface area contributed by atoms with Gasteiger partial charge in [-0.3, -0.25) is 0 Å². The van der Waals surface area contributed by atoms with Gasteiger partial charge in [-0.15, -0.1) is 6.58 Å². The number of rotatable bonds is 7. The molecule has 2 aromatic rings. The highest BCUT2D eigenvalue weighted by atomic mass is 16.2. The molecule has 2 rings (SSSR count). The predicted molar refractivity (Wildman–Crippen MR) is 84.3 cm³/mol. The van der Waals surface area contributed by atoms with E-state index in [1.165, 1.54) is 0 Å². The highest BCUT2D eigenvalue weighted by Crippen LogP contribution is 2.04. The van der Waals surface area contributed by atoms with Crippen molar-refractivity contribution in [2.45, 2.75) is 32.2 Å². The second kappa shape index (κ2) is 7.47. The van der Waals surface area contributed by atoms with Crippen LogP contribution in [-0.2, 0) is 6.42 Å². The lowest BCUT2D eigenvalue weighted by Crippen LogP contribution is -2.42. The van der Waals surface area contributed by atoms with E-state index in [9.17, 15) is 4.79 Å². The Morgan fingerprint density at radius 3 is 3.10 bits per heavy atom. The lowest BCUT2D eigenvalue weighted by atomic mass is 10.1. The Bertz CT molecular complexity index is 572. The van der Waals surface area contributed by atoms with E-state index in [-0.39, 0.29) is 12.1 Å². The first-order chi connectivity index (χ1) is 10.2. The Morgan fingerprint density at radius 2 is 2.38 bits per heavy atom. The quantitative estimate of drug-likeness (QED) is 0.768. The number of hydrogen-bond acceptors (Lipinski definition) is 2. The van der Waals surface area contributed by atoms with Gasteiger partial charge in [0.15, 0.2) is 0 Å². The zero-order chi connectivity index (χ0) is 15.1. The number of pyridine rings is 1. The molecule has 112 valence electrons. The van der Waals surface area contributed by atoms with Crippen LogP contribution in [0.15, 0.2) is 43.2 Å². The van der Waals surface area contributed by atoms with Gasteiger partial charge in [0.05, 0.1) is 5.69 Å². The number of nitrogens with zero attached hydrogens (tertiary/aromatic N) is 2. The highest BCUT2D eigenvalue weighted by molar-refractivity contribution is 5.74. The van der Waals surface area contributed by atoms with Crippen LogP contribution in [0, 0.1) is 0 Å². The first kappa shape index (κ1) is 15.1. The molecule has 0 aliphatic rings. The van der Waals surface area contributed by atoms with Crippen molar-refractivity contribution in [3.8, 4) is 0 Å². The second-order valence-electron chi connectivity index (χ2n) is 4.98. The van der Waals surface area contributed by atoms with E-state index < -0.39 is 0 Å². The first-order valence-electron chi connectivity index (χ1n) is 7.30. The molecule has 21 heavy (non-hydrogen) atoms. The van der Waals surface area contributed by atoms with Crippen LogP contribution in [0.3, 0.4) is 0 Å². The summed E-state index contributed by atoms with van der Waals surface area (Å²) in [5.41, 5.74) is 1.90. The molecular formula is C16H22N4O. The molecule has 0 fully saturated rings. The maximum absolute atomic E-state index is 11.8. The molecule has 1 atom stereocenters. The molecule has 0 spiro atoms. The zero-order valence-corrected chi connectivity index (χ0v) is 12.4. The number of aromatic nitrogens is 2. The van der Waals surface area contributed by atoms with Crippen LogP contribution in [0.1, 0.15) is 25.5 Å². The lowest BCUT2D eigenvalue weighted by Gasteiger charge is -2.15. The minimum absolute atomic E-state index is 0.132. The number of urea groups is 1. The van der Waals surface area contributed by atoms with Gasteiger partial charge in [0.1, 0.15) is 5.65 Å². The maximum atomic E-state index is 11.8. The molecule has 0 aliphatic heterocycles. The number of carbonyl (C=O) groups is 1. The van der Waals surface area contributed by atoms with Crippen LogP contribution in [0.4, 0.5) is 4.79 Å². The standard InChI is InChI=1S/C16H22N4O/c1-3-7-13(4-2)19-16(21)17-10-9-14-12-20-11-6-5-8-15(20)18-14/h3,5-6,8,11-13H,1,4,7,9-10H2,2H3,(H2,17,19,21). The van der Waals surface area contributed by atoms with E-state index in [4.69, 9.17) is 0 Å². The SMILES string of the molecule is C=CCC(CC)NC(=O)NCCc1cn2ccccc2n1. The molecule has 0 aromatic carbocycles. The Balaban J connectivity index is 1.78. The van der Waals surface area contributed by atoms with Crippen molar-refractivity contribution >= 4 is 11.7 Å². The average Bonchev–Trinajstić information content (AvgIpc) is 2.89. The van der Waals surface area contributed by atoms with E-state index >= 15 is 0 Å². The van der Waals surface area contributed by atoms with Gasteiger partial charge in [0.2, 0.25) is 0 Å². The van der Waals surface area contributed by atoms with Gasteiger partial charge in [0.25, 0.3) is 0 Å². The van der Waals surface area contributed by atoms with Crippen LogP contribution in [0.2, 0.25) is 0 Å². The van der Waals surface area contributed by atoms with Gasteiger partial charge < -0.3 is 15.0 Å². The summed E-state index contributed by atoms with van der Waals surface area (Å²) in [5.74, 6) is 0. The highest BCUT2D eigenvalue weighted by Gasteiger charge is 2.08. The van der Waals surface area contributed by atoms with E-state index in [2.05, 4.69) is 22.2 Å². The maximum Gasteiger partial charge on any atom is 0.315 e. The molecule has 0 radical (unpaired) electrons. The predicted octanol–water partition coefficient (Wildman–Crippen LogP) is 2.53. The van der Waals surface area contributed by atoms with E-state index in [0.29, 0.717) is 13.0 Å². The molecule has 2 heterocycles. The van der Waals surface area contributed by atoms with Gasteiger partial charge in [-0.1, -0.05) is 19.1 Å². The fraction of sp³-hybridized carbons (Fsp3) is 0.375. The smallest absolute Gasteiger partial charge is 0.315 e. The summed E-state index contributed by atoms with van der Waals surface area (Å²) in [6.07, 6.45) is 8.18. The number of hydrogen-bond donors (Lipinski definition) is 2. The monoisotopic (exact) mass is 286 g/mol. The molecule has 2 amide bonds. The topological polar surface area (TPSA) is 58.4 Å². The second-order valence-corrected chi connectivity index (χ2v) is 4.98. The third-order valence-corrected chi connectivity index (χ3v) is 3.36. The van der Waals surface area contributed by atoms with Crippen molar-refractivity contribution in [3.05, 3.63) is 48.9 Å². The fourth-order valence-corrected chi connectivity index (χ4v) is 2.18. The van der Waals surface area contributed by atoms with Crippen molar-refractivity contribution < 1.29 is 4.79 Å². The Kier molecular flexibility index (Phi) is 5.37. The first-order valence-corrected chi connectivity index (χ1v) is 7.30. The molecule has 5 nitrogen and oxygen atoms in total. The fourth-order valence-electron chi connectivity index (χ4n) is 2.18. The Morgan fingerprint density at radius 1 is 1.52 bits per heavy atom. The summed E-state index contributed by atoms with van der Waals surface area (Å²) in [7, 11) is 0. The van der Waals surface area contributed by atoms with Gasteiger partial charge >= 0.3 is 6.03 Å². The number of amides is 2. The van der Waals surface area contributed by atoms with Gasteiger partial charge in [-0.2, -0.15) is 0 Å². The van der Waals surface area contributed by atoms with Crippen LogP contribution in [-0.4, -0.2) is 28.0 Å². The lowest BCUT2D eigenvalue weighted by molar-refractivity contribution is 0.236. The summed E-state index contributed by atoms with van der Waals surface area (Å²) in [4.78, 5) is 16.3. The van der Waals surface area contributed by atoms with Crippen molar-refractivity contribution in [2.75, 3.05) is 6.54 Å². The van der Waals surface area contributed by atoms with Gasteiger partial charge in [-0.05, 0) is 25.0 Å². The summed E-state index contributed by atoms with van der Waals surface area (Å²) in [6, 6.07) is 5.91. The Labute approximate surface area is 125 Å². The summed E-state index contributed by atoms with van der Waals surface area (Å²) in [6.45, 7) is 6.31. The number of nitrogens with one attached hydrogen (secondary N) is 2. The molecule has 0 bridgehead atoms. The van der Waals surface area contributed by atoms with E-state index in [1.807, 2.05) is 48.0 Å². The van der Waals surface area contributed by atoms with Crippen molar-refractivity contribution in [1.29, 1.82) is 0 Å². The number of fused-ring (bicyclic) bond motifs is 1. The molecule has 1 unspecified atom stereocenters. The molecule has 5 heteroatoms. The number of carbonyl (C=O) groups excluding carboxylic acids is 1. The third kappa shape index (κ3) is 4.34. The van der Waals surface area contributed by atoms with Crippen LogP contribution < -0.4 is 10.6 Å². The zero-order valence-electron chi connectivity index (χ0n) is 12.4. The largest absolute Gasteiger partial charge is 0.338 e. The third-order valence-electron chi connectivity index (χ3n) is 3.36. The molecule has 2 aromatic heterocycles. The van der Waals surface area contributed by atoms with Crippen molar-refractivity contribution in [2.24, 2.45) is 0 Å². The average molecular weight is 286 g/mol.